The molecule has 0 spiro atoms. The summed E-state index contributed by atoms with van der Waals surface area (Å²) in [6, 6.07) is 1.80. The van der Waals surface area contributed by atoms with E-state index in [1.54, 1.807) is 13.0 Å². The maximum absolute atomic E-state index is 12.0. The molecule has 3 N–H and O–H groups in total. The Morgan fingerprint density at radius 1 is 1.59 bits per heavy atom. The quantitative estimate of drug-likeness (QED) is 0.838. The Kier molecular flexibility index (Phi) is 3.84. The van der Waals surface area contributed by atoms with Gasteiger partial charge >= 0.3 is 0 Å². The van der Waals surface area contributed by atoms with Crippen LogP contribution in [-0.4, -0.2) is 18.5 Å². The minimum atomic E-state index is -0.0707. The number of hydrogen-bond acceptors (Lipinski definition) is 3. The Labute approximate surface area is 102 Å². The molecule has 17 heavy (non-hydrogen) atoms. The highest BCUT2D eigenvalue weighted by Crippen LogP contribution is 2.27. The number of hydrogen-bond donors (Lipinski definition) is 2. The average Bonchev–Trinajstić information content (AvgIpc) is 2.96. The van der Waals surface area contributed by atoms with E-state index in [0.717, 1.165) is 0 Å². The molecule has 4 nitrogen and oxygen atoms in total. The summed E-state index contributed by atoms with van der Waals surface area (Å²) in [5, 5.41) is 3.03. The molecule has 0 aliphatic heterocycles. The highest BCUT2D eigenvalue weighted by Gasteiger charge is 2.26. The molecule has 94 valence electrons. The van der Waals surface area contributed by atoms with Crippen molar-refractivity contribution in [2.24, 2.45) is 11.7 Å². The minimum Gasteiger partial charge on any atom is -0.469 e. The third-order valence-electron chi connectivity index (χ3n) is 3.64. The minimum absolute atomic E-state index is 0.0707. The summed E-state index contributed by atoms with van der Waals surface area (Å²) in [6.45, 7) is 2.30. The van der Waals surface area contributed by atoms with Crippen LogP contribution in [0.1, 0.15) is 41.8 Å². The zero-order valence-corrected chi connectivity index (χ0v) is 10.2. The van der Waals surface area contributed by atoms with Crippen LogP contribution in [-0.2, 0) is 0 Å². The lowest BCUT2D eigenvalue weighted by molar-refractivity contribution is 0.0922. The molecule has 1 atom stereocenters. The molecule has 2 rings (SSSR count). The summed E-state index contributed by atoms with van der Waals surface area (Å²) >= 11 is 0. The molecular weight excluding hydrogens is 216 g/mol. The van der Waals surface area contributed by atoms with Gasteiger partial charge in [-0.15, -0.1) is 0 Å². The number of amides is 1. The number of aryl methyl sites for hydroxylation is 1. The van der Waals surface area contributed by atoms with Crippen molar-refractivity contribution in [3.05, 3.63) is 23.7 Å². The summed E-state index contributed by atoms with van der Waals surface area (Å²) in [5.41, 5.74) is 6.37. The predicted octanol–water partition coefficient (Wildman–Crippen LogP) is 1.84. The van der Waals surface area contributed by atoms with Gasteiger partial charge in [0.2, 0.25) is 0 Å². The molecule has 0 radical (unpaired) electrons. The second-order valence-corrected chi connectivity index (χ2v) is 4.75. The zero-order chi connectivity index (χ0) is 12.3. The highest BCUT2D eigenvalue weighted by atomic mass is 16.3. The van der Waals surface area contributed by atoms with E-state index < -0.39 is 0 Å². The van der Waals surface area contributed by atoms with Gasteiger partial charge in [-0.05, 0) is 31.7 Å². The van der Waals surface area contributed by atoms with E-state index in [2.05, 4.69) is 5.32 Å². The van der Waals surface area contributed by atoms with Crippen LogP contribution in [0, 0.1) is 12.8 Å². The molecule has 1 amide bonds. The smallest absolute Gasteiger partial charge is 0.255 e. The average molecular weight is 236 g/mol. The molecule has 0 aromatic carbocycles. The Morgan fingerprint density at radius 3 is 2.82 bits per heavy atom. The molecule has 4 heteroatoms. The van der Waals surface area contributed by atoms with Gasteiger partial charge in [0.05, 0.1) is 11.8 Å². The highest BCUT2D eigenvalue weighted by molar-refractivity contribution is 5.95. The lowest BCUT2D eigenvalue weighted by Gasteiger charge is -2.22. The number of carbonyl (C=O) groups excluding carboxylic acids is 1. The molecular formula is C13H20N2O2. The summed E-state index contributed by atoms with van der Waals surface area (Å²) in [4.78, 5) is 12.0. The van der Waals surface area contributed by atoms with E-state index in [9.17, 15) is 4.79 Å². The topological polar surface area (TPSA) is 68.3 Å². The standard InChI is InChI=1S/C13H20N2O2/c1-9-11(6-7-17-9)13(16)15-12(8-14)10-4-2-3-5-10/h6-7,10,12H,2-5,8,14H2,1H3,(H,15,16). The van der Waals surface area contributed by atoms with Crippen LogP contribution in [0.15, 0.2) is 16.7 Å². The maximum atomic E-state index is 12.0. The normalized spacial score (nSPS) is 18.2. The van der Waals surface area contributed by atoms with Gasteiger partial charge in [-0.25, -0.2) is 0 Å². The molecule has 1 saturated carbocycles. The van der Waals surface area contributed by atoms with Crippen molar-refractivity contribution in [3.8, 4) is 0 Å². The SMILES string of the molecule is Cc1occc1C(=O)NC(CN)C1CCCC1. The van der Waals surface area contributed by atoms with E-state index in [1.807, 2.05) is 0 Å². The van der Waals surface area contributed by atoms with Crippen LogP contribution in [0.25, 0.3) is 0 Å². The van der Waals surface area contributed by atoms with Crippen LogP contribution < -0.4 is 11.1 Å². The van der Waals surface area contributed by atoms with Gasteiger partial charge in [-0.3, -0.25) is 4.79 Å². The van der Waals surface area contributed by atoms with Crippen molar-refractivity contribution in [1.29, 1.82) is 0 Å². The summed E-state index contributed by atoms with van der Waals surface area (Å²) in [6.07, 6.45) is 6.39. The zero-order valence-electron chi connectivity index (χ0n) is 10.2. The summed E-state index contributed by atoms with van der Waals surface area (Å²) < 4.78 is 5.13. The molecule has 0 saturated heterocycles. The number of carbonyl (C=O) groups is 1. The van der Waals surface area contributed by atoms with E-state index in [-0.39, 0.29) is 11.9 Å². The van der Waals surface area contributed by atoms with Crippen molar-refractivity contribution in [3.63, 3.8) is 0 Å². The van der Waals surface area contributed by atoms with Crippen LogP contribution in [0.5, 0.6) is 0 Å². The Morgan fingerprint density at radius 2 is 2.29 bits per heavy atom. The van der Waals surface area contributed by atoms with E-state index >= 15 is 0 Å². The van der Waals surface area contributed by atoms with Gasteiger partial charge in [0.25, 0.3) is 5.91 Å². The first-order valence-electron chi connectivity index (χ1n) is 6.27. The molecule has 1 aliphatic carbocycles. The van der Waals surface area contributed by atoms with Gasteiger partial charge < -0.3 is 15.5 Å². The van der Waals surface area contributed by atoms with E-state index in [0.29, 0.717) is 23.8 Å². The molecule has 0 bridgehead atoms. The molecule has 1 fully saturated rings. The monoisotopic (exact) mass is 236 g/mol. The maximum Gasteiger partial charge on any atom is 0.255 e. The first kappa shape index (κ1) is 12.2. The molecule has 1 aromatic rings. The van der Waals surface area contributed by atoms with Gasteiger partial charge in [0.15, 0.2) is 0 Å². The van der Waals surface area contributed by atoms with Crippen LogP contribution in [0.3, 0.4) is 0 Å². The van der Waals surface area contributed by atoms with Crippen molar-refractivity contribution in [1.82, 2.24) is 5.32 Å². The first-order chi connectivity index (χ1) is 8.22. The molecule has 1 aliphatic rings. The largest absolute Gasteiger partial charge is 0.469 e. The second-order valence-electron chi connectivity index (χ2n) is 4.75. The third kappa shape index (κ3) is 2.69. The molecule has 1 aromatic heterocycles. The van der Waals surface area contributed by atoms with Crippen LogP contribution in [0.4, 0.5) is 0 Å². The van der Waals surface area contributed by atoms with Crippen molar-refractivity contribution in [2.75, 3.05) is 6.54 Å². The van der Waals surface area contributed by atoms with Gasteiger partial charge in [-0.2, -0.15) is 0 Å². The molecule has 1 unspecified atom stereocenters. The summed E-state index contributed by atoms with van der Waals surface area (Å²) in [7, 11) is 0. The Bertz CT molecular complexity index is 381. The van der Waals surface area contributed by atoms with E-state index in [1.165, 1.54) is 31.9 Å². The molecule has 1 heterocycles. The predicted molar refractivity (Wildman–Crippen MR) is 65.7 cm³/mol. The van der Waals surface area contributed by atoms with Crippen LogP contribution in [0.2, 0.25) is 0 Å². The van der Waals surface area contributed by atoms with Gasteiger partial charge in [0.1, 0.15) is 5.76 Å². The first-order valence-corrected chi connectivity index (χ1v) is 6.27. The summed E-state index contributed by atoms with van der Waals surface area (Å²) in [5.74, 6) is 1.12. The van der Waals surface area contributed by atoms with Crippen LogP contribution >= 0.6 is 0 Å². The lowest BCUT2D eigenvalue weighted by atomic mass is 9.98. The fraction of sp³-hybridized carbons (Fsp3) is 0.615. The number of furan rings is 1. The van der Waals surface area contributed by atoms with Crippen molar-refractivity contribution >= 4 is 5.91 Å². The van der Waals surface area contributed by atoms with Crippen molar-refractivity contribution in [2.45, 2.75) is 38.6 Å². The number of rotatable bonds is 4. The number of nitrogens with two attached hydrogens (primary N) is 1. The fourth-order valence-electron chi connectivity index (χ4n) is 2.60. The second kappa shape index (κ2) is 5.36. The Balaban J connectivity index is 1.99. The fourth-order valence-corrected chi connectivity index (χ4v) is 2.60. The van der Waals surface area contributed by atoms with Crippen molar-refractivity contribution < 1.29 is 9.21 Å². The lowest BCUT2D eigenvalue weighted by Crippen LogP contribution is -2.44. The van der Waals surface area contributed by atoms with Gasteiger partial charge in [0, 0.05) is 12.6 Å². The van der Waals surface area contributed by atoms with Gasteiger partial charge in [-0.1, -0.05) is 12.8 Å². The van der Waals surface area contributed by atoms with E-state index in [4.69, 9.17) is 10.2 Å². The third-order valence-corrected chi connectivity index (χ3v) is 3.64. The number of nitrogens with one attached hydrogen (secondary N) is 1. The Hall–Kier alpha value is -1.29.